The molecule has 0 aromatic rings. The van der Waals surface area contributed by atoms with Crippen molar-refractivity contribution in [3.63, 3.8) is 0 Å². The molecule has 0 aliphatic carbocycles. The molecule has 1 atom stereocenters. The van der Waals surface area contributed by atoms with Gasteiger partial charge in [0, 0.05) is 6.04 Å². The number of nitrogens with one attached hydrogen (secondary N) is 1. The first-order valence-electron chi connectivity index (χ1n) is 4.92. The van der Waals surface area contributed by atoms with Gasteiger partial charge in [-0.2, -0.15) is 0 Å². The van der Waals surface area contributed by atoms with Crippen molar-refractivity contribution in [3.8, 4) is 0 Å². The van der Waals surface area contributed by atoms with Crippen molar-refractivity contribution in [2.75, 3.05) is 6.54 Å². The molecule has 4 nitrogen and oxygen atoms in total. The van der Waals surface area contributed by atoms with Crippen molar-refractivity contribution in [1.82, 2.24) is 4.72 Å². The molecule has 0 aliphatic rings. The second-order valence-electron chi connectivity index (χ2n) is 4.57. The second-order valence-corrected chi connectivity index (χ2v) is 7.03. The Hall–Kier alpha value is -0.130. The molecule has 3 N–H and O–H groups in total. The minimum absolute atomic E-state index is 0.0391. The van der Waals surface area contributed by atoms with Gasteiger partial charge in [-0.05, 0) is 47.1 Å². The molecule has 0 bridgehead atoms. The number of hydrogen-bond donors (Lipinski definition) is 2. The number of nitrogens with two attached hydrogens (primary N) is 1. The van der Waals surface area contributed by atoms with E-state index < -0.39 is 14.8 Å². The highest BCUT2D eigenvalue weighted by Gasteiger charge is 2.29. The smallest absolute Gasteiger partial charge is 0.216 e. The second kappa shape index (κ2) is 5.09. The SMILES string of the molecule is CC(CCCN)NS(=O)(=O)C(C)(C)C. The predicted octanol–water partition coefficient (Wildman–Crippen LogP) is 0.832. The van der Waals surface area contributed by atoms with Gasteiger partial charge in [-0.3, -0.25) is 0 Å². The van der Waals surface area contributed by atoms with Crippen LogP contribution >= 0.6 is 0 Å². The molecule has 0 fully saturated rings. The average Bonchev–Trinajstić information content (AvgIpc) is 1.97. The molecule has 14 heavy (non-hydrogen) atoms. The summed E-state index contributed by atoms with van der Waals surface area (Å²) in [7, 11) is -3.22. The largest absolute Gasteiger partial charge is 0.330 e. The Morgan fingerprint density at radius 3 is 2.21 bits per heavy atom. The zero-order valence-electron chi connectivity index (χ0n) is 9.50. The van der Waals surface area contributed by atoms with Crippen LogP contribution in [0.25, 0.3) is 0 Å². The van der Waals surface area contributed by atoms with Gasteiger partial charge < -0.3 is 5.73 Å². The van der Waals surface area contributed by atoms with Gasteiger partial charge in [0.15, 0.2) is 0 Å². The summed E-state index contributed by atoms with van der Waals surface area (Å²) in [4.78, 5) is 0. The lowest BCUT2D eigenvalue weighted by Gasteiger charge is -2.23. The summed E-state index contributed by atoms with van der Waals surface area (Å²) in [6, 6.07) is -0.0391. The molecule has 0 rings (SSSR count). The highest BCUT2D eigenvalue weighted by molar-refractivity contribution is 7.90. The Morgan fingerprint density at radius 2 is 1.86 bits per heavy atom. The fourth-order valence-corrected chi connectivity index (χ4v) is 1.93. The first kappa shape index (κ1) is 13.9. The van der Waals surface area contributed by atoms with Crippen LogP contribution in [0.4, 0.5) is 0 Å². The molecule has 0 heterocycles. The third-order valence-electron chi connectivity index (χ3n) is 2.00. The van der Waals surface area contributed by atoms with Crippen molar-refractivity contribution in [1.29, 1.82) is 0 Å². The zero-order valence-corrected chi connectivity index (χ0v) is 10.3. The maximum Gasteiger partial charge on any atom is 0.216 e. The topological polar surface area (TPSA) is 72.2 Å². The third kappa shape index (κ3) is 4.39. The van der Waals surface area contributed by atoms with Crippen LogP contribution in [-0.2, 0) is 10.0 Å². The lowest BCUT2D eigenvalue weighted by molar-refractivity contribution is 0.513. The van der Waals surface area contributed by atoms with Gasteiger partial charge >= 0.3 is 0 Å². The van der Waals surface area contributed by atoms with Gasteiger partial charge in [0.25, 0.3) is 0 Å². The van der Waals surface area contributed by atoms with Crippen LogP contribution in [-0.4, -0.2) is 25.8 Å². The standard InChI is InChI=1S/C9H22N2O2S/c1-8(6-5-7-10)11-14(12,13)9(2,3)4/h8,11H,5-7,10H2,1-4H3. The van der Waals surface area contributed by atoms with Gasteiger partial charge in [0.2, 0.25) is 10.0 Å². The molecular formula is C9H22N2O2S. The molecule has 0 aliphatic heterocycles. The Labute approximate surface area is 87.3 Å². The third-order valence-corrected chi connectivity index (χ3v) is 4.33. The predicted molar refractivity (Wildman–Crippen MR) is 59.6 cm³/mol. The van der Waals surface area contributed by atoms with E-state index in [2.05, 4.69) is 4.72 Å². The first-order valence-corrected chi connectivity index (χ1v) is 6.41. The van der Waals surface area contributed by atoms with E-state index in [-0.39, 0.29) is 6.04 Å². The lowest BCUT2D eigenvalue weighted by Crippen LogP contribution is -2.43. The number of rotatable bonds is 5. The summed E-state index contributed by atoms with van der Waals surface area (Å²) in [5.74, 6) is 0. The molecule has 0 saturated heterocycles. The van der Waals surface area contributed by atoms with Crippen molar-refractivity contribution in [2.45, 2.75) is 51.3 Å². The van der Waals surface area contributed by atoms with Gasteiger partial charge in [0.1, 0.15) is 0 Å². The van der Waals surface area contributed by atoms with Crippen LogP contribution < -0.4 is 10.5 Å². The zero-order chi connectivity index (χ0) is 11.4. The Bertz CT molecular complexity index is 254. The molecule has 0 saturated carbocycles. The van der Waals surface area contributed by atoms with Crippen LogP contribution in [0.5, 0.6) is 0 Å². The Balaban J connectivity index is 4.24. The van der Waals surface area contributed by atoms with Crippen LogP contribution in [0, 0.1) is 0 Å². The maximum atomic E-state index is 11.7. The Morgan fingerprint density at radius 1 is 1.36 bits per heavy atom. The van der Waals surface area contributed by atoms with E-state index in [4.69, 9.17) is 5.73 Å². The molecule has 0 amide bonds. The lowest BCUT2D eigenvalue weighted by atomic mass is 10.2. The van der Waals surface area contributed by atoms with Crippen LogP contribution in [0.1, 0.15) is 40.5 Å². The van der Waals surface area contributed by atoms with Gasteiger partial charge in [-0.1, -0.05) is 0 Å². The van der Waals surface area contributed by atoms with E-state index in [1.165, 1.54) is 0 Å². The van der Waals surface area contributed by atoms with Crippen LogP contribution in [0.3, 0.4) is 0 Å². The van der Waals surface area contributed by atoms with Crippen LogP contribution in [0.15, 0.2) is 0 Å². The summed E-state index contributed by atoms with van der Waals surface area (Å²) in [5, 5.41) is 0. The maximum absolute atomic E-state index is 11.7. The van der Waals surface area contributed by atoms with E-state index in [1.807, 2.05) is 6.92 Å². The Kier molecular flexibility index (Phi) is 5.05. The van der Waals surface area contributed by atoms with E-state index >= 15 is 0 Å². The normalized spacial score (nSPS) is 15.5. The van der Waals surface area contributed by atoms with E-state index in [0.29, 0.717) is 6.54 Å². The molecule has 5 heteroatoms. The fraction of sp³-hybridized carbons (Fsp3) is 1.00. The molecular weight excluding hydrogens is 200 g/mol. The highest BCUT2D eigenvalue weighted by Crippen LogP contribution is 2.14. The molecule has 1 unspecified atom stereocenters. The quantitative estimate of drug-likeness (QED) is 0.724. The fourth-order valence-electron chi connectivity index (χ4n) is 0.925. The first-order chi connectivity index (χ1) is 6.20. The molecule has 86 valence electrons. The summed E-state index contributed by atoms with van der Waals surface area (Å²) < 4.78 is 25.3. The van der Waals surface area contributed by atoms with Crippen molar-refractivity contribution in [3.05, 3.63) is 0 Å². The van der Waals surface area contributed by atoms with Crippen molar-refractivity contribution < 1.29 is 8.42 Å². The van der Waals surface area contributed by atoms with Gasteiger partial charge in [0.05, 0.1) is 4.75 Å². The average molecular weight is 222 g/mol. The van der Waals surface area contributed by atoms with E-state index in [1.54, 1.807) is 20.8 Å². The molecule has 0 spiro atoms. The number of hydrogen-bond acceptors (Lipinski definition) is 3. The van der Waals surface area contributed by atoms with Gasteiger partial charge in [-0.15, -0.1) is 0 Å². The highest BCUT2D eigenvalue weighted by atomic mass is 32.2. The minimum atomic E-state index is -3.22. The van der Waals surface area contributed by atoms with E-state index in [9.17, 15) is 8.42 Å². The summed E-state index contributed by atoms with van der Waals surface area (Å²) in [5.41, 5.74) is 5.35. The van der Waals surface area contributed by atoms with Crippen molar-refractivity contribution in [2.24, 2.45) is 5.73 Å². The minimum Gasteiger partial charge on any atom is -0.330 e. The monoisotopic (exact) mass is 222 g/mol. The number of sulfonamides is 1. The van der Waals surface area contributed by atoms with E-state index in [0.717, 1.165) is 12.8 Å². The molecule has 0 radical (unpaired) electrons. The van der Waals surface area contributed by atoms with Crippen molar-refractivity contribution >= 4 is 10.0 Å². The molecule has 0 aromatic heterocycles. The van der Waals surface area contributed by atoms with Crippen LogP contribution in [0.2, 0.25) is 0 Å². The van der Waals surface area contributed by atoms with Gasteiger partial charge in [-0.25, -0.2) is 13.1 Å². The summed E-state index contributed by atoms with van der Waals surface area (Å²) >= 11 is 0. The molecule has 0 aromatic carbocycles. The summed E-state index contributed by atoms with van der Waals surface area (Å²) in [6.45, 7) is 7.52. The summed E-state index contributed by atoms with van der Waals surface area (Å²) in [6.07, 6.45) is 1.62.